The first-order valence-corrected chi connectivity index (χ1v) is 13.6. The average Bonchev–Trinajstić information content (AvgIpc) is 2.83. The highest BCUT2D eigenvalue weighted by Crippen LogP contribution is 2.29. The lowest BCUT2D eigenvalue weighted by Gasteiger charge is -2.30. The number of hydrogen-bond donors (Lipinski definition) is 1. The molecule has 0 unspecified atom stereocenters. The van der Waals surface area contributed by atoms with Gasteiger partial charge in [-0.2, -0.15) is 0 Å². The van der Waals surface area contributed by atoms with Gasteiger partial charge < -0.3 is 15.0 Å². The van der Waals surface area contributed by atoms with Gasteiger partial charge in [0.25, 0.3) is 0 Å². The number of anilines is 1. The second-order valence-electron chi connectivity index (χ2n) is 8.93. The maximum absolute atomic E-state index is 13.3. The molecule has 0 aliphatic rings. The van der Waals surface area contributed by atoms with Crippen molar-refractivity contribution >= 4 is 27.5 Å². The van der Waals surface area contributed by atoms with Crippen molar-refractivity contribution in [2.45, 2.75) is 46.2 Å². The van der Waals surface area contributed by atoms with Crippen LogP contribution in [0, 0.1) is 5.92 Å². The highest BCUT2D eigenvalue weighted by atomic mass is 32.2. The van der Waals surface area contributed by atoms with Gasteiger partial charge in [-0.05, 0) is 37.0 Å². The maximum Gasteiger partial charge on any atom is 0.242 e. The molecule has 0 heterocycles. The third kappa shape index (κ3) is 8.58. The molecule has 0 aliphatic carbocycles. The van der Waals surface area contributed by atoms with E-state index in [0.717, 1.165) is 11.8 Å². The molecule has 0 bridgehead atoms. The summed E-state index contributed by atoms with van der Waals surface area (Å²) in [4.78, 5) is 27.6. The van der Waals surface area contributed by atoms with Gasteiger partial charge in [0.1, 0.15) is 11.8 Å². The van der Waals surface area contributed by atoms with E-state index in [9.17, 15) is 18.0 Å². The Bertz CT molecular complexity index is 1070. The molecule has 35 heavy (non-hydrogen) atoms. The van der Waals surface area contributed by atoms with E-state index in [-0.39, 0.29) is 37.7 Å². The maximum atomic E-state index is 13.3. The van der Waals surface area contributed by atoms with Gasteiger partial charge in [0.15, 0.2) is 0 Å². The number of carbonyl (C=O) groups excluding carboxylic acids is 2. The van der Waals surface area contributed by atoms with Crippen LogP contribution in [-0.2, 0) is 26.2 Å². The van der Waals surface area contributed by atoms with Gasteiger partial charge in [0.2, 0.25) is 21.8 Å². The number of ether oxygens (including phenoxy) is 1. The Balaban J connectivity index is 2.16. The molecule has 192 valence electrons. The Labute approximate surface area is 209 Å². The number of nitrogens with one attached hydrogen (secondary N) is 1. The number of methoxy groups -OCH3 is 1. The SMILES string of the molecule is COc1ccccc1N(CCCC(=O)N(Cc1ccccc1)[C@H](C)C(=O)NCC(C)C)S(C)(=O)=O. The highest BCUT2D eigenvalue weighted by Gasteiger charge is 2.27. The van der Waals surface area contributed by atoms with Crippen LogP contribution in [0.15, 0.2) is 54.6 Å². The largest absolute Gasteiger partial charge is 0.495 e. The predicted molar refractivity (Wildman–Crippen MR) is 139 cm³/mol. The van der Waals surface area contributed by atoms with Gasteiger partial charge in [0, 0.05) is 26.1 Å². The van der Waals surface area contributed by atoms with Crippen LogP contribution in [0.1, 0.15) is 39.2 Å². The van der Waals surface area contributed by atoms with E-state index in [0.29, 0.717) is 23.9 Å². The second-order valence-corrected chi connectivity index (χ2v) is 10.8. The molecule has 2 amide bonds. The number of rotatable bonds is 13. The molecule has 8 nitrogen and oxygen atoms in total. The van der Waals surface area contributed by atoms with Crippen molar-refractivity contribution in [2.24, 2.45) is 5.92 Å². The zero-order valence-electron chi connectivity index (χ0n) is 21.2. The summed E-state index contributed by atoms with van der Waals surface area (Å²) in [5.41, 5.74) is 1.34. The van der Waals surface area contributed by atoms with Crippen molar-refractivity contribution in [3.05, 3.63) is 60.2 Å². The van der Waals surface area contributed by atoms with Crippen molar-refractivity contribution in [3.8, 4) is 5.75 Å². The van der Waals surface area contributed by atoms with Gasteiger partial charge in [-0.1, -0.05) is 56.3 Å². The summed E-state index contributed by atoms with van der Waals surface area (Å²) in [6.07, 6.45) is 1.51. The fraction of sp³-hybridized carbons (Fsp3) is 0.462. The lowest BCUT2D eigenvalue weighted by Crippen LogP contribution is -2.48. The fourth-order valence-corrected chi connectivity index (χ4v) is 4.60. The predicted octanol–water partition coefficient (Wildman–Crippen LogP) is 3.43. The number of amides is 2. The normalized spacial score (nSPS) is 12.2. The molecule has 0 spiro atoms. The van der Waals surface area contributed by atoms with Crippen molar-refractivity contribution < 1.29 is 22.7 Å². The zero-order valence-corrected chi connectivity index (χ0v) is 22.0. The van der Waals surface area contributed by atoms with Crippen LogP contribution in [0.4, 0.5) is 5.69 Å². The minimum absolute atomic E-state index is 0.0931. The lowest BCUT2D eigenvalue weighted by atomic mass is 10.1. The number of carbonyl (C=O) groups is 2. The van der Waals surface area contributed by atoms with Crippen LogP contribution in [0.3, 0.4) is 0 Å². The smallest absolute Gasteiger partial charge is 0.242 e. The van der Waals surface area contributed by atoms with Gasteiger partial charge in [-0.3, -0.25) is 13.9 Å². The van der Waals surface area contributed by atoms with Gasteiger partial charge in [-0.15, -0.1) is 0 Å². The Morgan fingerprint density at radius 3 is 2.23 bits per heavy atom. The van der Waals surface area contributed by atoms with Crippen molar-refractivity contribution in [1.29, 1.82) is 0 Å². The van der Waals surface area contributed by atoms with Gasteiger partial charge in [0.05, 0.1) is 19.1 Å². The second kappa shape index (κ2) is 13.1. The molecular weight excluding hydrogens is 466 g/mol. The van der Waals surface area contributed by atoms with E-state index < -0.39 is 16.1 Å². The van der Waals surface area contributed by atoms with Gasteiger partial charge in [-0.25, -0.2) is 8.42 Å². The fourth-order valence-electron chi connectivity index (χ4n) is 3.63. The summed E-state index contributed by atoms with van der Waals surface area (Å²) in [5, 5.41) is 2.90. The number of sulfonamides is 1. The third-order valence-corrected chi connectivity index (χ3v) is 6.73. The van der Waals surface area contributed by atoms with Gasteiger partial charge >= 0.3 is 0 Å². The molecule has 0 aromatic heterocycles. The van der Waals surface area contributed by atoms with Crippen LogP contribution in [0.25, 0.3) is 0 Å². The van der Waals surface area contributed by atoms with Crippen LogP contribution in [0.5, 0.6) is 5.75 Å². The molecule has 2 aromatic rings. The molecule has 0 saturated heterocycles. The van der Waals surface area contributed by atoms with Crippen LogP contribution in [0.2, 0.25) is 0 Å². The van der Waals surface area contributed by atoms with E-state index in [2.05, 4.69) is 5.32 Å². The lowest BCUT2D eigenvalue weighted by molar-refractivity contribution is -0.140. The summed E-state index contributed by atoms with van der Waals surface area (Å²) >= 11 is 0. The number of benzene rings is 2. The topological polar surface area (TPSA) is 96.0 Å². The molecule has 1 atom stereocenters. The Morgan fingerprint density at radius 1 is 1.00 bits per heavy atom. The first-order chi connectivity index (χ1) is 16.5. The molecule has 0 aliphatic heterocycles. The van der Waals surface area contributed by atoms with E-state index in [4.69, 9.17) is 4.74 Å². The van der Waals surface area contributed by atoms with Crippen molar-refractivity contribution in [3.63, 3.8) is 0 Å². The zero-order chi connectivity index (χ0) is 26.0. The number of para-hydroxylation sites is 2. The minimum atomic E-state index is -3.60. The Morgan fingerprint density at radius 2 is 1.63 bits per heavy atom. The van der Waals surface area contributed by atoms with E-state index >= 15 is 0 Å². The van der Waals surface area contributed by atoms with E-state index in [1.54, 1.807) is 36.1 Å². The van der Waals surface area contributed by atoms with E-state index in [1.807, 2.05) is 44.2 Å². The quantitative estimate of drug-likeness (QED) is 0.452. The molecule has 2 aromatic carbocycles. The summed E-state index contributed by atoms with van der Waals surface area (Å²) in [6, 6.07) is 15.7. The average molecular weight is 504 g/mol. The molecular formula is C26H37N3O5S. The Kier molecular flexibility index (Phi) is 10.6. The monoisotopic (exact) mass is 503 g/mol. The summed E-state index contributed by atoms with van der Waals surface area (Å²) in [5.74, 6) is 0.302. The molecule has 1 N–H and O–H groups in total. The van der Waals surface area contributed by atoms with Crippen LogP contribution < -0.4 is 14.4 Å². The first kappa shape index (κ1) is 28.2. The summed E-state index contributed by atoms with van der Waals surface area (Å²) in [6.45, 7) is 6.66. The molecule has 0 saturated carbocycles. The van der Waals surface area contributed by atoms with E-state index in [1.165, 1.54) is 11.4 Å². The molecule has 2 rings (SSSR count). The molecule has 9 heteroatoms. The van der Waals surface area contributed by atoms with Crippen LogP contribution >= 0.6 is 0 Å². The van der Waals surface area contributed by atoms with Crippen molar-refractivity contribution in [1.82, 2.24) is 10.2 Å². The molecule has 0 fully saturated rings. The minimum Gasteiger partial charge on any atom is -0.495 e. The highest BCUT2D eigenvalue weighted by molar-refractivity contribution is 7.92. The Hall–Kier alpha value is -3.07. The number of nitrogens with zero attached hydrogens (tertiary/aromatic N) is 2. The van der Waals surface area contributed by atoms with Crippen LogP contribution in [-0.4, -0.2) is 57.6 Å². The third-order valence-electron chi connectivity index (χ3n) is 5.55. The molecule has 0 radical (unpaired) electrons. The van der Waals surface area contributed by atoms with Crippen molar-refractivity contribution in [2.75, 3.05) is 30.8 Å². The standard InChI is InChI=1S/C26H37N3O5S/c1-20(2)18-27-26(31)21(3)28(19-22-12-7-6-8-13-22)25(30)16-11-17-29(35(5,32)33)23-14-9-10-15-24(23)34-4/h6-10,12-15,20-21H,11,16-19H2,1-5H3,(H,27,31)/t21-/m1/s1. The first-order valence-electron chi connectivity index (χ1n) is 11.8. The number of hydrogen-bond acceptors (Lipinski definition) is 5. The summed E-state index contributed by atoms with van der Waals surface area (Å²) in [7, 11) is -2.12. The summed E-state index contributed by atoms with van der Waals surface area (Å²) < 4.78 is 31.6.